The lowest BCUT2D eigenvalue weighted by molar-refractivity contribution is 0.0942. The molecule has 0 saturated heterocycles. The van der Waals surface area contributed by atoms with Gasteiger partial charge in [-0.2, -0.15) is 0 Å². The molecule has 0 aliphatic heterocycles. The molecular weight excluding hydrogens is 378 g/mol. The highest BCUT2D eigenvalue weighted by Crippen LogP contribution is 2.60. The minimum atomic E-state index is -3.88. The summed E-state index contributed by atoms with van der Waals surface area (Å²) in [5.41, 5.74) is 0.621. The van der Waals surface area contributed by atoms with E-state index >= 15 is 0 Å². The number of benzene rings is 1. The number of nitrogens with one attached hydrogen (secondary N) is 1. The number of carbonyl (C=O) groups is 1. The molecule has 1 aromatic carbocycles. The van der Waals surface area contributed by atoms with Crippen LogP contribution in [0.25, 0.3) is 0 Å². The normalized spacial score (nSPS) is 20.1. The van der Waals surface area contributed by atoms with Gasteiger partial charge in [0.1, 0.15) is 0 Å². The van der Waals surface area contributed by atoms with Crippen LogP contribution in [0, 0.1) is 11.3 Å². The summed E-state index contributed by atoms with van der Waals surface area (Å²) in [7, 11) is 1.48. The molecule has 1 N–H and O–H groups in total. The fourth-order valence-electron chi connectivity index (χ4n) is 2.78. The average Bonchev–Trinajstić information content (AvgIpc) is 3.25. The van der Waals surface area contributed by atoms with Crippen molar-refractivity contribution in [2.45, 2.75) is 30.6 Å². The van der Waals surface area contributed by atoms with Gasteiger partial charge in [0.2, 0.25) is 0 Å². The maximum Gasteiger partial charge on any atom is 0.262 e. The fourth-order valence-corrected chi connectivity index (χ4v) is 4.89. The molecule has 0 bridgehead atoms. The number of halogens is 2. The lowest BCUT2D eigenvalue weighted by Crippen LogP contribution is -2.31. The second-order valence-electron chi connectivity index (χ2n) is 5.90. The van der Waals surface area contributed by atoms with Gasteiger partial charge in [0, 0.05) is 27.3 Å². The molecule has 1 aromatic rings. The quantitative estimate of drug-likeness (QED) is 0.782. The topological polar surface area (TPSA) is 63.2 Å². The second-order valence-corrected chi connectivity index (χ2v) is 9.29. The summed E-state index contributed by atoms with van der Waals surface area (Å²) in [6, 6.07) is 4.41. The zero-order valence-electron chi connectivity index (χ0n) is 11.2. The zero-order valence-corrected chi connectivity index (χ0v) is 14.4. The third-order valence-corrected chi connectivity index (χ3v) is 6.71. The predicted molar refractivity (Wildman–Crippen MR) is 83.9 cm³/mol. The largest absolute Gasteiger partial charge is 0.351 e. The van der Waals surface area contributed by atoms with Gasteiger partial charge >= 0.3 is 0 Å². The molecular formula is C14H15BrClNO3S. The molecule has 2 saturated carbocycles. The Balaban J connectivity index is 1.73. The fraction of sp³-hybridized carbons (Fsp3) is 0.500. The van der Waals surface area contributed by atoms with Crippen LogP contribution < -0.4 is 5.32 Å². The number of hydrogen-bond acceptors (Lipinski definition) is 3. The van der Waals surface area contributed by atoms with Gasteiger partial charge in [0.15, 0.2) is 0 Å². The van der Waals surface area contributed by atoms with Crippen LogP contribution in [-0.2, 0) is 9.05 Å². The van der Waals surface area contributed by atoms with Gasteiger partial charge in [-0.15, -0.1) is 0 Å². The van der Waals surface area contributed by atoms with Crippen molar-refractivity contribution < 1.29 is 13.2 Å². The van der Waals surface area contributed by atoms with Crippen molar-refractivity contribution >= 4 is 41.6 Å². The minimum absolute atomic E-state index is 0.0832. The van der Waals surface area contributed by atoms with E-state index in [0.717, 1.165) is 5.92 Å². The van der Waals surface area contributed by atoms with Gasteiger partial charge in [-0.1, -0.05) is 0 Å². The number of carbonyl (C=O) groups excluding carboxylic acids is 1. The Labute approximate surface area is 136 Å². The highest BCUT2D eigenvalue weighted by Gasteiger charge is 2.53. The Morgan fingerprint density at radius 1 is 1.38 bits per heavy atom. The first kappa shape index (κ1) is 15.3. The first-order chi connectivity index (χ1) is 9.82. The molecule has 3 rings (SSSR count). The van der Waals surface area contributed by atoms with Crippen LogP contribution in [0.1, 0.15) is 36.0 Å². The van der Waals surface area contributed by atoms with E-state index in [1.165, 1.54) is 37.8 Å². The summed E-state index contributed by atoms with van der Waals surface area (Å²) >= 11 is 3.13. The molecule has 21 heavy (non-hydrogen) atoms. The van der Waals surface area contributed by atoms with Gasteiger partial charge in [0.05, 0.1) is 4.90 Å². The smallest absolute Gasteiger partial charge is 0.262 e. The molecule has 4 nitrogen and oxygen atoms in total. The van der Waals surface area contributed by atoms with Crippen LogP contribution in [0.15, 0.2) is 27.6 Å². The van der Waals surface area contributed by atoms with Crippen molar-refractivity contribution in [3.63, 3.8) is 0 Å². The molecule has 0 heterocycles. The third kappa shape index (κ3) is 3.27. The first-order valence-corrected chi connectivity index (χ1v) is 9.94. The molecule has 0 unspecified atom stereocenters. The second kappa shape index (κ2) is 5.25. The van der Waals surface area contributed by atoms with E-state index in [9.17, 15) is 13.2 Å². The number of amides is 1. The lowest BCUT2D eigenvalue weighted by atomic mass is 10.0. The Morgan fingerprint density at radius 2 is 2.05 bits per heavy atom. The number of hydrogen-bond donors (Lipinski definition) is 1. The lowest BCUT2D eigenvalue weighted by Gasteiger charge is -2.15. The van der Waals surface area contributed by atoms with Crippen LogP contribution in [0.2, 0.25) is 0 Å². The summed E-state index contributed by atoms with van der Waals surface area (Å²) < 4.78 is 23.3. The van der Waals surface area contributed by atoms with E-state index in [2.05, 4.69) is 21.2 Å². The maximum absolute atomic E-state index is 12.2. The molecule has 7 heteroatoms. The van der Waals surface area contributed by atoms with Gasteiger partial charge in [0.25, 0.3) is 15.0 Å². The SMILES string of the molecule is O=C(NCC1(C2CC2)CC1)c1ccc(Br)c(S(=O)(=O)Cl)c1. The van der Waals surface area contributed by atoms with Gasteiger partial charge < -0.3 is 5.32 Å². The monoisotopic (exact) mass is 391 g/mol. The molecule has 0 atom stereocenters. The highest BCUT2D eigenvalue weighted by molar-refractivity contribution is 9.10. The summed E-state index contributed by atoms with van der Waals surface area (Å²) in [6.45, 7) is 0.676. The summed E-state index contributed by atoms with van der Waals surface area (Å²) in [5.74, 6) is 0.512. The van der Waals surface area contributed by atoms with Crippen molar-refractivity contribution in [1.29, 1.82) is 0 Å². The molecule has 0 aromatic heterocycles. The Morgan fingerprint density at radius 3 is 2.57 bits per heavy atom. The van der Waals surface area contributed by atoms with E-state index in [0.29, 0.717) is 22.0 Å². The zero-order chi connectivity index (χ0) is 15.3. The van der Waals surface area contributed by atoms with Crippen molar-refractivity contribution in [2.75, 3.05) is 6.54 Å². The first-order valence-electron chi connectivity index (χ1n) is 6.84. The molecule has 2 fully saturated rings. The standard InChI is InChI=1S/C14H15BrClNO3S/c15-11-4-1-9(7-12(11)21(16,19)20)13(18)17-8-14(5-6-14)10-2-3-10/h1,4,7,10H,2-3,5-6,8H2,(H,17,18). The van der Waals surface area contributed by atoms with Crippen LogP contribution in [0.4, 0.5) is 0 Å². The summed E-state index contributed by atoms with van der Waals surface area (Å²) in [6.07, 6.45) is 4.89. The van der Waals surface area contributed by atoms with Crippen LogP contribution >= 0.6 is 26.6 Å². The van der Waals surface area contributed by atoms with Gasteiger partial charge in [-0.25, -0.2) is 8.42 Å². The highest BCUT2D eigenvalue weighted by atomic mass is 79.9. The van der Waals surface area contributed by atoms with E-state index in [4.69, 9.17) is 10.7 Å². The van der Waals surface area contributed by atoms with E-state index < -0.39 is 9.05 Å². The van der Waals surface area contributed by atoms with Crippen LogP contribution in [0.5, 0.6) is 0 Å². The van der Waals surface area contributed by atoms with Crippen LogP contribution in [0.3, 0.4) is 0 Å². The molecule has 1 amide bonds. The molecule has 114 valence electrons. The third-order valence-electron chi connectivity index (χ3n) is 4.39. The Hall–Kier alpha value is -0.590. The van der Waals surface area contributed by atoms with E-state index in [1.54, 1.807) is 6.07 Å². The van der Waals surface area contributed by atoms with Crippen LogP contribution in [-0.4, -0.2) is 20.9 Å². The average molecular weight is 393 g/mol. The number of rotatable bonds is 5. The predicted octanol–water partition coefficient (Wildman–Crippen LogP) is 3.30. The molecule has 2 aliphatic carbocycles. The van der Waals surface area contributed by atoms with Crippen molar-refractivity contribution in [1.82, 2.24) is 5.32 Å². The molecule has 0 spiro atoms. The van der Waals surface area contributed by atoms with Crippen molar-refractivity contribution in [3.05, 3.63) is 28.2 Å². The minimum Gasteiger partial charge on any atom is -0.351 e. The maximum atomic E-state index is 12.2. The van der Waals surface area contributed by atoms with Gasteiger partial charge in [-0.05, 0) is 71.1 Å². The Bertz CT molecular complexity index is 696. The van der Waals surface area contributed by atoms with Gasteiger partial charge in [-0.3, -0.25) is 4.79 Å². The van der Waals surface area contributed by atoms with Crippen molar-refractivity contribution in [3.8, 4) is 0 Å². The Kier molecular flexibility index (Phi) is 3.83. The molecule has 0 radical (unpaired) electrons. The summed E-state index contributed by atoms with van der Waals surface area (Å²) in [4.78, 5) is 12.1. The van der Waals surface area contributed by atoms with Crippen molar-refractivity contribution in [2.24, 2.45) is 11.3 Å². The van der Waals surface area contributed by atoms with E-state index in [-0.39, 0.29) is 10.8 Å². The molecule has 2 aliphatic rings. The van der Waals surface area contributed by atoms with E-state index in [1.807, 2.05) is 0 Å². The summed E-state index contributed by atoms with van der Waals surface area (Å²) in [5, 5.41) is 2.93.